The first-order valence-electron chi connectivity index (χ1n) is 5.82. The van der Waals surface area contributed by atoms with Gasteiger partial charge in [0.25, 0.3) is 0 Å². The molecule has 1 rings (SSSR count). The van der Waals surface area contributed by atoms with Crippen LogP contribution in [0.3, 0.4) is 0 Å². The Labute approximate surface area is 108 Å². The first-order chi connectivity index (χ1) is 8.59. The summed E-state index contributed by atoms with van der Waals surface area (Å²) >= 11 is 0. The molecule has 1 N–H and O–H groups in total. The minimum Gasteiger partial charge on any atom is -0.390 e. The summed E-state index contributed by atoms with van der Waals surface area (Å²) in [5.74, 6) is -2.04. The topological polar surface area (TPSA) is 20.2 Å². The SMILES string of the molecule is CC(O)(CCCC(F)(F)F)Cc1ccc(F)c(F)c1. The van der Waals surface area contributed by atoms with Gasteiger partial charge in [-0.15, -0.1) is 0 Å². The molecule has 0 fully saturated rings. The van der Waals surface area contributed by atoms with Gasteiger partial charge in [-0.1, -0.05) is 6.07 Å². The number of rotatable bonds is 5. The Hall–Kier alpha value is -1.17. The van der Waals surface area contributed by atoms with Crippen molar-refractivity contribution in [3.63, 3.8) is 0 Å². The van der Waals surface area contributed by atoms with Crippen molar-refractivity contribution in [2.75, 3.05) is 0 Å². The van der Waals surface area contributed by atoms with Gasteiger partial charge < -0.3 is 5.11 Å². The summed E-state index contributed by atoms with van der Waals surface area (Å²) in [7, 11) is 0. The fourth-order valence-corrected chi connectivity index (χ4v) is 1.85. The molecule has 0 bridgehead atoms. The van der Waals surface area contributed by atoms with E-state index in [0.717, 1.165) is 12.1 Å². The second-order valence-corrected chi connectivity index (χ2v) is 4.89. The molecule has 1 atom stereocenters. The fourth-order valence-electron chi connectivity index (χ4n) is 1.85. The van der Waals surface area contributed by atoms with Gasteiger partial charge in [-0.05, 0) is 37.5 Å². The molecule has 0 aliphatic carbocycles. The number of hydrogen-bond acceptors (Lipinski definition) is 1. The first kappa shape index (κ1) is 15.9. The third-order valence-corrected chi connectivity index (χ3v) is 2.74. The minimum atomic E-state index is -4.25. The van der Waals surface area contributed by atoms with E-state index in [1.807, 2.05) is 0 Å². The van der Waals surface area contributed by atoms with Crippen molar-refractivity contribution in [1.29, 1.82) is 0 Å². The molecular weight excluding hydrogens is 267 g/mol. The van der Waals surface area contributed by atoms with Crippen LogP contribution < -0.4 is 0 Å². The smallest absolute Gasteiger partial charge is 0.389 e. The molecule has 108 valence electrons. The van der Waals surface area contributed by atoms with Gasteiger partial charge in [-0.25, -0.2) is 8.78 Å². The largest absolute Gasteiger partial charge is 0.390 e. The lowest BCUT2D eigenvalue weighted by Crippen LogP contribution is -2.27. The molecule has 6 heteroatoms. The van der Waals surface area contributed by atoms with Crippen LogP contribution in [0.1, 0.15) is 31.7 Å². The molecule has 0 saturated carbocycles. The van der Waals surface area contributed by atoms with E-state index < -0.39 is 29.8 Å². The average Bonchev–Trinajstić information content (AvgIpc) is 2.20. The standard InChI is InChI=1S/C13H15F5O/c1-12(19,5-2-6-13(16,17)18)8-9-3-4-10(14)11(15)7-9/h3-4,7,19H,2,5-6,8H2,1H3. The van der Waals surface area contributed by atoms with E-state index in [2.05, 4.69) is 0 Å². The van der Waals surface area contributed by atoms with Crippen LogP contribution >= 0.6 is 0 Å². The molecule has 1 unspecified atom stereocenters. The zero-order valence-electron chi connectivity index (χ0n) is 10.4. The highest BCUT2D eigenvalue weighted by Gasteiger charge is 2.29. The second kappa shape index (κ2) is 5.86. The molecule has 0 aromatic heterocycles. The summed E-state index contributed by atoms with van der Waals surface area (Å²) in [6.07, 6.45) is -5.52. The predicted octanol–water partition coefficient (Wildman–Crippen LogP) is 3.99. The van der Waals surface area contributed by atoms with Crippen LogP contribution in [0, 0.1) is 11.6 Å². The van der Waals surface area contributed by atoms with E-state index in [1.54, 1.807) is 0 Å². The normalized spacial score (nSPS) is 15.3. The molecule has 0 radical (unpaired) electrons. The summed E-state index contributed by atoms with van der Waals surface area (Å²) in [6, 6.07) is 3.17. The Morgan fingerprint density at radius 2 is 1.68 bits per heavy atom. The molecule has 19 heavy (non-hydrogen) atoms. The van der Waals surface area contributed by atoms with Crippen molar-refractivity contribution in [3.8, 4) is 0 Å². The number of aliphatic hydroxyl groups is 1. The second-order valence-electron chi connectivity index (χ2n) is 4.89. The number of hydrogen-bond donors (Lipinski definition) is 1. The highest BCUT2D eigenvalue weighted by atomic mass is 19.4. The third-order valence-electron chi connectivity index (χ3n) is 2.74. The lowest BCUT2D eigenvalue weighted by Gasteiger charge is -2.23. The van der Waals surface area contributed by atoms with Crippen molar-refractivity contribution < 1.29 is 27.1 Å². The van der Waals surface area contributed by atoms with Gasteiger partial charge in [0.05, 0.1) is 5.60 Å². The molecule has 0 amide bonds. The Bertz CT molecular complexity index is 426. The van der Waals surface area contributed by atoms with E-state index in [0.29, 0.717) is 5.56 Å². The first-order valence-corrected chi connectivity index (χ1v) is 5.82. The molecule has 1 aromatic carbocycles. The summed E-state index contributed by atoms with van der Waals surface area (Å²) in [5, 5.41) is 9.94. The van der Waals surface area contributed by atoms with Crippen molar-refractivity contribution in [3.05, 3.63) is 35.4 Å². The third kappa shape index (κ3) is 6.00. The maximum absolute atomic E-state index is 13.0. The van der Waals surface area contributed by atoms with Crippen molar-refractivity contribution in [1.82, 2.24) is 0 Å². The van der Waals surface area contributed by atoms with Crippen LogP contribution in [0.4, 0.5) is 22.0 Å². The maximum Gasteiger partial charge on any atom is 0.389 e. The molecule has 0 aliphatic rings. The molecule has 0 heterocycles. The number of halogens is 5. The van der Waals surface area contributed by atoms with Crippen molar-refractivity contribution >= 4 is 0 Å². The van der Waals surface area contributed by atoms with Crippen LogP contribution in [0.5, 0.6) is 0 Å². The van der Waals surface area contributed by atoms with Gasteiger partial charge >= 0.3 is 6.18 Å². The zero-order valence-corrected chi connectivity index (χ0v) is 10.4. The maximum atomic E-state index is 13.0. The molecular formula is C13H15F5O. The van der Waals surface area contributed by atoms with E-state index in [4.69, 9.17) is 0 Å². The fraction of sp³-hybridized carbons (Fsp3) is 0.538. The molecule has 1 nitrogen and oxygen atoms in total. The predicted molar refractivity (Wildman–Crippen MR) is 60.6 cm³/mol. The van der Waals surface area contributed by atoms with Gasteiger partial charge in [0, 0.05) is 12.8 Å². The van der Waals surface area contributed by atoms with E-state index >= 15 is 0 Å². The van der Waals surface area contributed by atoms with Gasteiger partial charge in [-0.3, -0.25) is 0 Å². The highest BCUT2D eigenvalue weighted by molar-refractivity contribution is 5.19. The summed E-state index contributed by atoms with van der Waals surface area (Å²) < 4.78 is 61.6. The highest BCUT2D eigenvalue weighted by Crippen LogP contribution is 2.26. The van der Waals surface area contributed by atoms with Gasteiger partial charge in [0.1, 0.15) is 0 Å². The summed E-state index contributed by atoms with van der Waals surface area (Å²) in [5.41, 5.74) is -1.04. The lowest BCUT2D eigenvalue weighted by molar-refractivity contribution is -0.137. The van der Waals surface area contributed by atoms with Crippen molar-refractivity contribution in [2.45, 2.75) is 44.4 Å². The van der Waals surface area contributed by atoms with Crippen LogP contribution in [-0.2, 0) is 6.42 Å². The van der Waals surface area contributed by atoms with E-state index in [-0.39, 0.29) is 19.3 Å². The van der Waals surface area contributed by atoms with Gasteiger partial charge in [-0.2, -0.15) is 13.2 Å². The average molecular weight is 282 g/mol. The Morgan fingerprint density at radius 3 is 2.21 bits per heavy atom. The van der Waals surface area contributed by atoms with Crippen LogP contribution in [0.25, 0.3) is 0 Å². The Balaban J connectivity index is 2.56. The Morgan fingerprint density at radius 1 is 1.05 bits per heavy atom. The monoisotopic (exact) mass is 282 g/mol. The quantitative estimate of drug-likeness (QED) is 0.810. The van der Waals surface area contributed by atoms with Crippen LogP contribution in [0.2, 0.25) is 0 Å². The minimum absolute atomic E-state index is 0.0257. The number of benzene rings is 1. The molecule has 1 aromatic rings. The van der Waals surface area contributed by atoms with E-state index in [1.165, 1.54) is 13.0 Å². The summed E-state index contributed by atoms with van der Waals surface area (Å²) in [4.78, 5) is 0. The molecule has 0 spiro atoms. The van der Waals surface area contributed by atoms with Crippen LogP contribution in [0.15, 0.2) is 18.2 Å². The van der Waals surface area contributed by atoms with E-state index in [9.17, 15) is 27.1 Å². The molecule has 0 aliphatic heterocycles. The lowest BCUT2D eigenvalue weighted by atomic mass is 9.91. The van der Waals surface area contributed by atoms with Crippen LogP contribution in [-0.4, -0.2) is 16.9 Å². The molecule has 0 saturated heterocycles. The van der Waals surface area contributed by atoms with Gasteiger partial charge in [0.15, 0.2) is 11.6 Å². The summed E-state index contributed by atoms with van der Waals surface area (Å²) in [6.45, 7) is 1.38. The van der Waals surface area contributed by atoms with Gasteiger partial charge in [0.2, 0.25) is 0 Å². The van der Waals surface area contributed by atoms with Crippen molar-refractivity contribution in [2.24, 2.45) is 0 Å². The number of alkyl halides is 3. The Kier molecular flexibility index (Phi) is 4.90. The zero-order chi connectivity index (χ0) is 14.7.